The number of pyridine rings is 1. The third kappa shape index (κ3) is 5.63. The third-order valence-corrected chi connectivity index (χ3v) is 6.68. The highest BCUT2D eigenvalue weighted by Crippen LogP contribution is 2.27. The van der Waals surface area contributed by atoms with Crippen LogP contribution in [0.3, 0.4) is 0 Å². The van der Waals surface area contributed by atoms with Crippen LogP contribution in [0, 0.1) is 12.7 Å². The maximum Gasteiger partial charge on any atom is 0.224 e. The van der Waals surface area contributed by atoms with Gasteiger partial charge in [0.1, 0.15) is 11.6 Å². The Morgan fingerprint density at radius 3 is 2.64 bits per heavy atom. The number of hydrogen-bond donors (Lipinski definition) is 1. The van der Waals surface area contributed by atoms with Crippen LogP contribution >= 0.6 is 11.6 Å². The summed E-state index contributed by atoms with van der Waals surface area (Å²) in [5.41, 5.74) is 3.24. The van der Waals surface area contributed by atoms with Crippen LogP contribution in [0.15, 0.2) is 42.5 Å². The Bertz CT molecular complexity index is 1160. The van der Waals surface area contributed by atoms with Crippen LogP contribution in [0.25, 0.3) is 10.9 Å². The van der Waals surface area contributed by atoms with E-state index in [0.29, 0.717) is 28.7 Å². The fourth-order valence-electron chi connectivity index (χ4n) is 4.42. The molecular formula is C26H30ClFN4O. The minimum Gasteiger partial charge on any atom is -0.356 e. The molecule has 33 heavy (non-hydrogen) atoms. The lowest BCUT2D eigenvalue weighted by Gasteiger charge is -2.36. The fraction of sp³-hybridized carbons (Fsp3) is 0.385. The smallest absolute Gasteiger partial charge is 0.224 e. The van der Waals surface area contributed by atoms with Crippen molar-refractivity contribution in [2.75, 3.05) is 37.4 Å². The van der Waals surface area contributed by atoms with Crippen LogP contribution in [-0.2, 0) is 11.2 Å². The van der Waals surface area contributed by atoms with Crippen LogP contribution in [0.4, 0.5) is 15.9 Å². The molecule has 2 aromatic carbocycles. The van der Waals surface area contributed by atoms with Crippen molar-refractivity contribution >= 4 is 39.9 Å². The number of amides is 1. The Kier molecular flexibility index (Phi) is 7.15. The van der Waals surface area contributed by atoms with Gasteiger partial charge in [-0.05, 0) is 87.8 Å². The lowest BCUT2D eigenvalue weighted by molar-refractivity contribution is -0.116. The Hall–Kier alpha value is -2.70. The van der Waals surface area contributed by atoms with E-state index >= 15 is 0 Å². The van der Waals surface area contributed by atoms with E-state index < -0.39 is 0 Å². The number of halogens is 2. The average molecular weight is 469 g/mol. The average Bonchev–Trinajstić information content (AvgIpc) is 2.79. The number of nitrogens with one attached hydrogen (secondary N) is 1. The number of carbonyl (C=O) groups excluding carboxylic acids is 1. The first-order valence-corrected chi connectivity index (χ1v) is 11.7. The van der Waals surface area contributed by atoms with Crippen molar-refractivity contribution < 1.29 is 9.18 Å². The molecular weight excluding hydrogens is 439 g/mol. The van der Waals surface area contributed by atoms with Gasteiger partial charge in [-0.25, -0.2) is 9.37 Å². The van der Waals surface area contributed by atoms with Crippen LogP contribution < -0.4 is 10.2 Å². The Morgan fingerprint density at radius 2 is 1.94 bits per heavy atom. The van der Waals surface area contributed by atoms with E-state index in [1.165, 1.54) is 6.07 Å². The molecule has 7 heteroatoms. The molecule has 5 nitrogen and oxygen atoms in total. The SMILES string of the molecule is Cc1cc(N2CCC(N(C)C)CC2)nc2ccc(NC(=O)CCc3ccc(Cl)cc3F)cc12. The molecule has 174 valence electrons. The van der Waals surface area contributed by atoms with Gasteiger partial charge in [0, 0.05) is 41.6 Å². The molecule has 0 unspecified atom stereocenters. The first-order valence-electron chi connectivity index (χ1n) is 11.4. The maximum absolute atomic E-state index is 13.9. The normalized spacial score (nSPS) is 14.8. The van der Waals surface area contributed by atoms with Gasteiger partial charge in [-0.2, -0.15) is 0 Å². The van der Waals surface area contributed by atoms with Crippen LogP contribution in [-0.4, -0.2) is 49.0 Å². The molecule has 1 N–H and O–H groups in total. The van der Waals surface area contributed by atoms with Gasteiger partial charge in [0.2, 0.25) is 5.91 Å². The van der Waals surface area contributed by atoms with E-state index in [0.717, 1.165) is 48.2 Å². The standard InChI is InChI=1S/C26H30ClFN4O/c1-17-14-25(32-12-10-21(11-13-32)31(2)3)30-24-8-7-20(16-22(17)24)29-26(33)9-5-18-4-6-19(27)15-23(18)28/h4,6-8,14-16,21H,5,9-13H2,1-3H3,(H,29,33). The largest absolute Gasteiger partial charge is 0.356 e. The van der Waals surface area contributed by atoms with Crippen molar-refractivity contribution in [3.8, 4) is 0 Å². The summed E-state index contributed by atoms with van der Waals surface area (Å²) < 4.78 is 13.9. The predicted molar refractivity (Wildman–Crippen MR) is 134 cm³/mol. The molecule has 2 heterocycles. The van der Waals surface area contributed by atoms with Gasteiger partial charge in [0.15, 0.2) is 0 Å². The first-order chi connectivity index (χ1) is 15.8. The molecule has 1 aliphatic heterocycles. The maximum atomic E-state index is 13.9. The highest BCUT2D eigenvalue weighted by Gasteiger charge is 2.22. The number of aromatic nitrogens is 1. The van der Waals surface area contributed by atoms with Gasteiger partial charge >= 0.3 is 0 Å². The van der Waals surface area contributed by atoms with E-state index in [1.807, 2.05) is 18.2 Å². The van der Waals surface area contributed by atoms with Crippen molar-refractivity contribution in [2.24, 2.45) is 0 Å². The van der Waals surface area contributed by atoms with Gasteiger partial charge in [0.25, 0.3) is 0 Å². The van der Waals surface area contributed by atoms with Crippen molar-refractivity contribution in [1.82, 2.24) is 9.88 Å². The molecule has 0 bridgehead atoms. The third-order valence-electron chi connectivity index (χ3n) is 6.44. The molecule has 0 spiro atoms. The van der Waals surface area contributed by atoms with Gasteiger partial charge < -0.3 is 15.1 Å². The van der Waals surface area contributed by atoms with E-state index in [-0.39, 0.29) is 18.1 Å². The number of benzene rings is 2. The number of carbonyl (C=O) groups is 1. The number of nitrogens with zero attached hydrogens (tertiary/aromatic N) is 3. The molecule has 1 amide bonds. The first kappa shape index (κ1) is 23.5. The van der Waals surface area contributed by atoms with Crippen LogP contribution in [0.5, 0.6) is 0 Å². The molecule has 1 aromatic heterocycles. The van der Waals surface area contributed by atoms with E-state index in [9.17, 15) is 9.18 Å². The second kappa shape index (κ2) is 10.1. The van der Waals surface area contributed by atoms with Gasteiger partial charge in [0.05, 0.1) is 5.52 Å². The van der Waals surface area contributed by atoms with Crippen LogP contribution in [0.2, 0.25) is 5.02 Å². The Morgan fingerprint density at radius 1 is 1.18 bits per heavy atom. The summed E-state index contributed by atoms with van der Waals surface area (Å²) in [5.74, 6) is 0.470. The lowest BCUT2D eigenvalue weighted by atomic mass is 10.0. The van der Waals surface area contributed by atoms with Crippen molar-refractivity contribution in [3.63, 3.8) is 0 Å². The lowest BCUT2D eigenvalue weighted by Crippen LogP contribution is -2.42. The number of piperidine rings is 1. The zero-order chi connectivity index (χ0) is 23.5. The molecule has 0 radical (unpaired) electrons. The predicted octanol–water partition coefficient (Wildman–Crippen LogP) is 5.44. The number of anilines is 2. The Balaban J connectivity index is 1.42. The summed E-state index contributed by atoms with van der Waals surface area (Å²) in [6.07, 6.45) is 2.78. The number of aryl methyl sites for hydroxylation is 2. The van der Waals surface area contributed by atoms with Crippen LogP contribution in [0.1, 0.15) is 30.4 Å². The van der Waals surface area contributed by atoms with E-state index in [4.69, 9.17) is 16.6 Å². The van der Waals surface area contributed by atoms with Crippen molar-refractivity contribution in [2.45, 2.75) is 38.6 Å². The summed E-state index contributed by atoms with van der Waals surface area (Å²) >= 11 is 5.79. The highest BCUT2D eigenvalue weighted by molar-refractivity contribution is 6.30. The van der Waals surface area contributed by atoms with Gasteiger partial charge in [-0.1, -0.05) is 17.7 Å². The van der Waals surface area contributed by atoms with Crippen molar-refractivity contribution in [3.05, 3.63) is 64.4 Å². The minimum absolute atomic E-state index is 0.158. The highest BCUT2D eigenvalue weighted by atomic mass is 35.5. The second-order valence-corrected chi connectivity index (χ2v) is 9.43. The van der Waals surface area contributed by atoms with Crippen molar-refractivity contribution in [1.29, 1.82) is 0 Å². The number of fused-ring (bicyclic) bond motifs is 1. The molecule has 0 aliphatic carbocycles. The molecule has 1 saturated heterocycles. The number of rotatable bonds is 6. The molecule has 0 saturated carbocycles. The fourth-order valence-corrected chi connectivity index (χ4v) is 4.58. The van der Waals surface area contributed by atoms with Gasteiger partial charge in [-0.3, -0.25) is 4.79 Å². The molecule has 1 fully saturated rings. The summed E-state index contributed by atoms with van der Waals surface area (Å²) in [6.45, 7) is 4.08. The summed E-state index contributed by atoms with van der Waals surface area (Å²) in [6, 6.07) is 13.1. The zero-order valence-corrected chi connectivity index (χ0v) is 20.1. The quantitative estimate of drug-likeness (QED) is 0.523. The second-order valence-electron chi connectivity index (χ2n) is 9.00. The summed E-state index contributed by atoms with van der Waals surface area (Å²) in [7, 11) is 4.29. The minimum atomic E-state index is -0.385. The summed E-state index contributed by atoms with van der Waals surface area (Å²) in [5, 5.41) is 4.29. The monoisotopic (exact) mass is 468 g/mol. The molecule has 3 aromatic rings. The Labute approximate surface area is 199 Å². The van der Waals surface area contributed by atoms with Gasteiger partial charge in [-0.15, -0.1) is 0 Å². The van der Waals surface area contributed by atoms with E-state index in [2.05, 4.69) is 42.2 Å². The topological polar surface area (TPSA) is 48.5 Å². The molecule has 4 rings (SSSR count). The summed E-state index contributed by atoms with van der Waals surface area (Å²) in [4.78, 5) is 22.0. The molecule has 0 atom stereocenters. The zero-order valence-electron chi connectivity index (χ0n) is 19.4. The molecule has 1 aliphatic rings. The van der Waals surface area contributed by atoms with E-state index in [1.54, 1.807) is 12.1 Å². The number of hydrogen-bond acceptors (Lipinski definition) is 4.